The van der Waals surface area contributed by atoms with E-state index in [-0.39, 0.29) is 11.7 Å². The molecule has 0 saturated carbocycles. The Hall–Kier alpha value is -2.68. The quantitative estimate of drug-likeness (QED) is 0.520. The third kappa shape index (κ3) is 2.03. The Morgan fingerprint density at radius 2 is 1.75 bits per heavy atom. The second kappa shape index (κ2) is 5.13. The number of aliphatic hydroxyl groups is 1. The highest BCUT2D eigenvalue weighted by Gasteiger charge is 2.43. The van der Waals surface area contributed by atoms with Gasteiger partial charge in [-0.25, -0.2) is 0 Å². The molecule has 2 rings (SSSR count). The van der Waals surface area contributed by atoms with Gasteiger partial charge in [-0.1, -0.05) is 26.0 Å². The maximum atomic E-state index is 12.3. The summed E-state index contributed by atoms with van der Waals surface area (Å²) in [5, 5.41) is 18.4. The van der Waals surface area contributed by atoms with Gasteiger partial charge in [-0.3, -0.25) is 14.5 Å². The Balaban J connectivity index is 2.49. The first-order valence-electron chi connectivity index (χ1n) is 6.19. The molecule has 1 N–H and O–H groups in total. The van der Waals surface area contributed by atoms with Crippen LogP contribution in [-0.2, 0) is 0 Å². The molecule has 0 bridgehead atoms. The van der Waals surface area contributed by atoms with Crippen LogP contribution in [0.25, 0.3) is 4.98 Å². The molecule has 1 aromatic rings. The molecular formula is C14H14N3O3+. The summed E-state index contributed by atoms with van der Waals surface area (Å²) in [6.07, 6.45) is 0.828. The average Bonchev–Trinajstić information content (AvgIpc) is 2.65. The molecule has 1 aromatic carbocycles. The highest BCUT2D eigenvalue weighted by molar-refractivity contribution is 6.21. The SMILES string of the molecule is CC(C)[C@H](C(O)=C[N+]#N)N1C(=O)c2ccccc2C1=O. The van der Waals surface area contributed by atoms with Crippen molar-refractivity contribution >= 4 is 11.8 Å². The Morgan fingerprint density at radius 1 is 1.25 bits per heavy atom. The minimum atomic E-state index is -0.863. The molecule has 1 atom stereocenters. The summed E-state index contributed by atoms with van der Waals surface area (Å²) in [7, 11) is 0. The van der Waals surface area contributed by atoms with Crippen LogP contribution in [0.5, 0.6) is 0 Å². The van der Waals surface area contributed by atoms with Crippen LogP contribution in [0, 0.1) is 11.3 Å². The fourth-order valence-electron chi connectivity index (χ4n) is 2.37. The Morgan fingerprint density at radius 3 is 2.15 bits per heavy atom. The summed E-state index contributed by atoms with van der Waals surface area (Å²) in [6, 6.07) is 5.64. The van der Waals surface area contributed by atoms with Gasteiger partial charge < -0.3 is 5.11 Å². The van der Waals surface area contributed by atoms with E-state index in [4.69, 9.17) is 5.39 Å². The molecule has 0 radical (unpaired) electrons. The van der Waals surface area contributed by atoms with Crippen LogP contribution in [0.4, 0.5) is 0 Å². The lowest BCUT2D eigenvalue weighted by Crippen LogP contribution is -2.44. The molecule has 102 valence electrons. The number of hydrogen-bond donors (Lipinski definition) is 1. The number of nitrogens with zero attached hydrogens (tertiary/aromatic N) is 3. The van der Waals surface area contributed by atoms with Crippen LogP contribution in [0.15, 0.2) is 36.2 Å². The summed E-state index contributed by atoms with van der Waals surface area (Å²) in [5.74, 6) is -1.48. The van der Waals surface area contributed by atoms with Crippen LogP contribution in [-0.4, -0.2) is 27.9 Å². The summed E-state index contributed by atoms with van der Waals surface area (Å²) in [4.78, 5) is 28.4. The van der Waals surface area contributed by atoms with Gasteiger partial charge >= 0.3 is 6.20 Å². The monoisotopic (exact) mass is 272 g/mol. The second-order valence-corrected chi connectivity index (χ2v) is 4.88. The molecule has 1 aliphatic heterocycles. The van der Waals surface area contributed by atoms with Crippen molar-refractivity contribution in [2.75, 3.05) is 0 Å². The first-order chi connectivity index (χ1) is 9.49. The van der Waals surface area contributed by atoms with Crippen molar-refractivity contribution in [1.82, 2.24) is 4.90 Å². The molecule has 0 spiro atoms. The third-order valence-corrected chi connectivity index (χ3v) is 3.23. The maximum Gasteiger partial charge on any atom is 0.389 e. The van der Waals surface area contributed by atoms with Crippen LogP contribution < -0.4 is 0 Å². The molecule has 0 saturated heterocycles. The molecule has 1 aliphatic rings. The molecule has 6 nitrogen and oxygen atoms in total. The van der Waals surface area contributed by atoms with E-state index < -0.39 is 17.9 Å². The van der Waals surface area contributed by atoms with E-state index in [2.05, 4.69) is 4.98 Å². The number of benzene rings is 1. The fourth-order valence-corrected chi connectivity index (χ4v) is 2.37. The van der Waals surface area contributed by atoms with Gasteiger partial charge in [-0.2, -0.15) is 0 Å². The number of fused-ring (bicyclic) bond motifs is 1. The standard InChI is InChI=1S/C14H13N3O3/c1-8(2)12(11(18)7-16-15)17-13(19)9-5-3-4-6-10(9)14(17)20/h3-8,12H,1-2H3/p+1/t12-/m1/s1. The topological polar surface area (TPSA) is 85.8 Å². The molecule has 6 heteroatoms. The van der Waals surface area contributed by atoms with Crippen LogP contribution in [0.1, 0.15) is 34.6 Å². The number of carbonyl (C=O) groups excluding carboxylic acids is 2. The van der Waals surface area contributed by atoms with Gasteiger partial charge in [0.15, 0.2) is 4.98 Å². The molecule has 0 fully saturated rings. The van der Waals surface area contributed by atoms with Crippen molar-refractivity contribution in [3.8, 4) is 0 Å². The summed E-state index contributed by atoms with van der Waals surface area (Å²) in [5.41, 5.74) is 0.633. The smallest absolute Gasteiger partial charge is 0.389 e. The lowest BCUT2D eigenvalue weighted by atomic mass is 10.0. The molecule has 2 amide bonds. The summed E-state index contributed by atoms with van der Waals surface area (Å²) in [6.45, 7) is 3.52. The Bertz CT molecular complexity index is 608. The van der Waals surface area contributed by atoms with E-state index in [1.165, 1.54) is 0 Å². The van der Waals surface area contributed by atoms with Gasteiger partial charge in [0.25, 0.3) is 11.8 Å². The molecule has 1 heterocycles. The van der Waals surface area contributed by atoms with Crippen molar-refractivity contribution in [1.29, 1.82) is 5.39 Å². The van der Waals surface area contributed by atoms with Crippen LogP contribution >= 0.6 is 0 Å². The van der Waals surface area contributed by atoms with Gasteiger partial charge in [-0.15, -0.1) is 0 Å². The maximum absolute atomic E-state index is 12.3. The fraction of sp³-hybridized carbons (Fsp3) is 0.286. The zero-order chi connectivity index (χ0) is 14.9. The first kappa shape index (κ1) is 13.7. The minimum absolute atomic E-state index is 0.227. The number of carbonyl (C=O) groups is 2. The van der Waals surface area contributed by atoms with Crippen LogP contribution in [0.2, 0.25) is 0 Å². The van der Waals surface area contributed by atoms with Gasteiger partial charge in [-0.05, 0) is 18.1 Å². The second-order valence-electron chi connectivity index (χ2n) is 4.88. The first-order valence-corrected chi connectivity index (χ1v) is 6.19. The largest absolute Gasteiger partial charge is 0.504 e. The van der Waals surface area contributed by atoms with E-state index in [0.29, 0.717) is 11.1 Å². The van der Waals surface area contributed by atoms with Crippen LogP contribution in [0.3, 0.4) is 0 Å². The Labute approximate surface area is 115 Å². The van der Waals surface area contributed by atoms with Crippen molar-refractivity contribution in [2.45, 2.75) is 19.9 Å². The van der Waals surface area contributed by atoms with Gasteiger partial charge in [0, 0.05) is 0 Å². The van der Waals surface area contributed by atoms with Gasteiger partial charge in [0.2, 0.25) is 11.2 Å². The third-order valence-electron chi connectivity index (χ3n) is 3.23. The van der Waals surface area contributed by atoms with Crippen molar-refractivity contribution in [3.63, 3.8) is 0 Å². The van der Waals surface area contributed by atoms with Gasteiger partial charge in [0.05, 0.1) is 11.1 Å². The number of hydrogen-bond acceptors (Lipinski definition) is 4. The zero-order valence-corrected chi connectivity index (χ0v) is 11.1. The average molecular weight is 272 g/mol. The van der Waals surface area contributed by atoms with E-state index in [1.807, 2.05) is 0 Å². The van der Waals surface area contributed by atoms with Gasteiger partial charge in [0.1, 0.15) is 6.04 Å². The van der Waals surface area contributed by atoms with Crippen molar-refractivity contribution in [3.05, 3.63) is 52.3 Å². The summed E-state index contributed by atoms with van der Waals surface area (Å²) < 4.78 is 0. The highest BCUT2D eigenvalue weighted by Crippen LogP contribution is 2.29. The van der Waals surface area contributed by atoms with E-state index in [0.717, 1.165) is 11.1 Å². The number of diazo groups is 1. The molecule has 20 heavy (non-hydrogen) atoms. The van der Waals surface area contributed by atoms with Crippen molar-refractivity contribution in [2.24, 2.45) is 5.92 Å². The predicted octanol–water partition coefficient (Wildman–Crippen LogP) is 2.56. The van der Waals surface area contributed by atoms with E-state index in [1.54, 1.807) is 38.1 Å². The number of imide groups is 1. The van der Waals surface area contributed by atoms with Crippen molar-refractivity contribution < 1.29 is 14.7 Å². The van der Waals surface area contributed by atoms with E-state index in [9.17, 15) is 14.7 Å². The lowest BCUT2D eigenvalue weighted by molar-refractivity contribution is 0.0531. The number of rotatable bonds is 3. The number of amides is 2. The Kier molecular flexibility index (Phi) is 3.53. The normalized spacial score (nSPS) is 16.3. The predicted molar refractivity (Wildman–Crippen MR) is 71.4 cm³/mol. The molecule has 0 aromatic heterocycles. The molecule has 0 unspecified atom stereocenters. The highest BCUT2D eigenvalue weighted by atomic mass is 16.3. The lowest BCUT2D eigenvalue weighted by Gasteiger charge is -2.27. The zero-order valence-electron chi connectivity index (χ0n) is 11.1. The number of aliphatic hydroxyl groups excluding tert-OH is 1. The molecular weight excluding hydrogens is 258 g/mol. The summed E-state index contributed by atoms with van der Waals surface area (Å²) >= 11 is 0. The molecule has 0 aliphatic carbocycles. The minimum Gasteiger partial charge on any atom is -0.504 e. The van der Waals surface area contributed by atoms with E-state index >= 15 is 0 Å².